The van der Waals surface area contributed by atoms with E-state index in [1.807, 2.05) is 152 Å². The van der Waals surface area contributed by atoms with Crippen molar-refractivity contribution in [2.75, 3.05) is 163 Å². The van der Waals surface area contributed by atoms with E-state index in [2.05, 4.69) is 41.9 Å². The monoisotopic (exact) mass is 2630 g/mol. The summed E-state index contributed by atoms with van der Waals surface area (Å²) in [6.45, 7) is 1.13. The van der Waals surface area contributed by atoms with Crippen LogP contribution in [0.2, 0.25) is 0 Å². The number of rotatable bonds is 35. The second-order valence-corrected chi connectivity index (χ2v) is 47.0. The van der Waals surface area contributed by atoms with Crippen LogP contribution in [0, 0.1) is 0 Å². The topological polar surface area (TPSA) is 730 Å². The summed E-state index contributed by atoms with van der Waals surface area (Å²) in [7, 11) is -21.9. The SMILES string of the molecule is C.NCCS(N)(=O)=O.NS(=O)(=O)CCO.NS(=O)(=O)CCO.NS(=O)(=O)CCO.NS(=O)(=O)CCOCc1ccccc1.NS(=O)(=O)CCOCc1ccccc1.O=S(=O)(Cl)CCOCc1ccccc1.O=S(=O)(Cl)CCOCc1ccccc1.O=S(=O)([O-])CCOCc1ccccc1.O=S(Cl)Cl.O=S1(=O)CCOCN1CN1COCCS1(=O)=O.[2H]CF.[Na+].[Na].[No].[No]. The molecule has 0 bridgehead atoms. The van der Waals surface area contributed by atoms with E-state index in [0.717, 1.165) is 36.4 Å². The van der Waals surface area contributed by atoms with Crippen molar-refractivity contribution in [1.29, 1.82) is 0 Å². The van der Waals surface area contributed by atoms with Gasteiger partial charge in [0.05, 0.1) is 188 Å². The fourth-order valence-corrected chi connectivity index (χ4v) is 12.2. The Hall–Kier alpha value is -4.01. The summed E-state index contributed by atoms with van der Waals surface area (Å²) in [6, 6.07) is 47.5. The molecule has 0 spiro atoms. The summed E-state index contributed by atoms with van der Waals surface area (Å²) in [5.41, 5.74) is 9.87. The summed E-state index contributed by atoms with van der Waals surface area (Å²) in [4.78, 5) is 0. The second kappa shape index (κ2) is 79.5. The first kappa shape index (κ1) is 140. The molecule has 2 saturated heterocycles. The molecule has 17 N–H and O–H groups in total. The standard InChI is InChI=1S/2C9H11ClO3S.2C9H13NO3S.C9H12O4S.C7H14N2O6S2.C2H8N2O2S.3C2H7NO3S.CH3F.CH4.Cl2OS.2Na.2No/c5*10-14(11,12)7-6-13-8-9-4-2-1-3-5-9;10-16(11)3-1-14-6-8(16)5-9-7-15-2-4-17(9,12)13;3-1-2-7(4,5)6;3*3-7(5,6)2-1-4;1-2;;1-4(2)3;;;;/h2*1-5H,6-8H2;2*1-5H,6-8H2,(H2,10,11,12);1-5H,6-8H2,(H,10,11,12);1-7H2;1-3H2,(H2,4,5,6);3*4H,1-2H2,(H2,3,5,6);1H3;1H4;;;;;/q;;;;;;;;;;;;;;+1;;/p-1/i;;;;;;;;;;1D;;;;;;. The molecule has 0 saturated carbocycles. The molecule has 2 aliphatic rings. The molecule has 0 amide bonds. The van der Waals surface area contributed by atoms with E-state index in [1.54, 1.807) is 0 Å². The first-order valence-corrected chi connectivity index (χ1v) is 56.2. The number of sulfonamides is 8. The van der Waals surface area contributed by atoms with Crippen LogP contribution >= 0.6 is 42.7 Å². The minimum Gasteiger partial charge on any atom is -0.748 e. The predicted octanol–water partition coefficient (Wildman–Crippen LogP) is -4.62. The van der Waals surface area contributed by atoms with Crippen molar-refractivity contribution in [3.05, 3.63) is 179 Å². The van der Waals surface area contributed by atoms with Crippen LogP contribution in [0.5, 0.6) is 0 Å². The molecular weight excluding hydrogens is 2520 g/mol. The van der Waals surface area contributed by atoms with Gasteiger partial charge in [-0.15, -0.1) is 0 Å². The Morgan fingerprint density at radius 2 is 0.619 bits per heavy atom. The number of benzene rings is 5. The molecule has 7 rings (SSSR count). The number of alkyl halides is 1. The van der Waals surface area contributed by atoms with E-state index < -0.39 is 150 Å². The molecule has 0 aliphatic carbocycles. The van der Waals surface area contributed by atoms with Crippen molar-refractivity contribution < 1.29 is 185 Å². The minimum atomic E-state index is -4.15. The number of primary sulfonamides is 6. The van der Waals surface area contributed by atoms with Gasteiger partial charge in [0, 0.05) is 78.8 Å². The zero-order valence-electron chi connectivity index (χ0n) is 68.1. The van der Waals surface area contributed by atoms with Crippen molar-refractivity contribution in [2.24, 2.45) is 36.6 Å². The summed E-state index contributed by atoms with van der Waals surface area (Å²) < 4.78 is 303. The third-order valence-corrected chi connectivity index (χ3v) is 22.9. The fraction of sp³-hybridized carbons (Fsp3) is 0.516. The minimum absolute atomic E-state index is 0. The van der Waals surface area contributed by atoms with Gasteiger partial charge in [0.1, 0.15) is 13.5 Å². The number of halogens is 5. The van der Waals surface area contributed by atoms with E-state index in [0.29, 0.717) is 33.0 Å². The molecule has 0 unspecified atom stereocenters. The number of hydrogen-bond donors (Lipinski definition) is 10. The molecule has 743 valence electrons. The van der Waals surface area contributed by atoms with E-state index in [1.165, 1.54) is 0 Å². The van der Waals surface area contributed by atoms with Crippen molar-refractivity contribution >= 4 is 190 Å². The molecule has 64 heteroatoms. The summed E-state index contributed by atoms with van der Waals surface area (Å²) in [6.07, 6.45) is 0. The van der Waals surface area contributed by atoms with Crippen LogP contribution < -0.4 is 66.1 Å². The molecular formula is C62H109Cl4FN9Na2No2O34S12. The van der Waals surface area contributed by atoms with Crippen LogP contribution in [0.25, 0.3) is 0 Å². The van der Waals surface area contributed by atoms with Crippen LogP contribution in [-0.2, 0) is 184 Å². The first-order valence-electron chi connectivity index (χ1n) is 34.0. The number of nitrogens with zero attached hydrogens (tertiary/aromatic N) is 2. The Morgan fingerprint density at radius 3 is 0.762 bits per heavy atom. The maximum absolute atomic E-state index is 11.7. The fourth-order valence-electron chi connectivity index (χ4n) is 6.71. The van der Waals surface area contributed by atoms with Crippen LogP contribution in [0.4, 0.5) is 4.39 Å². The predicted molar refractivity (Wildman–Crippen MR) is 470 cm³/mol. The van der Waals surface area contributed by atoms with Gasteiger partial charge in [-0.3, -0.25) is 4.39 Å². The zero-order valence-corrected chi connectivity index (χ0v) is 88.4. The maximum Gasteiger partial charge on any atom is 1.00 e. The average molecular weight is 2640 g/mol. The Balaban J connectivity index is -0.000000150. The van der Waals surface area contributed by atoms with Gasteiger partial charge in [0.15, 0.2) is 0 Å². The number of ether oxygens (including phenoxy) is 7. The second-order valence-electron chi connectivity index (χ2n) is 22.5. The third kappa shape index (κ3) is 111. The van der Waals surface area contributed by atoms with E-state index in [9.17, 15) is 102 Å². The van der Waals surface area contributed by atoms with Gasteiger partial charge in [-0.25, -0.2) is 128 Å². The van der Waals surface area contributed by atoms with Crippen LogP contribution in [0.3, 0.4) is 0 Å². The molecule has 2 fully saturated rings. The molecule has 43 nitrogen and oxygen atoms in total. The Morgan fingerprint density at radius 1 is 0.429 bits per heavy atom. The molecule has 5 aromatic carbocycles. The van der Waals surface area contributed by atoms with Crippen LogP contribution in [0.1, 0.15) is 36.6 Å². The number of nitrogens with two attached hydrogens (primary N) is 7. The Bertz CT molecular complexity index is 4310. The molecule has 5 aromatic rings. The molecule has 2 heterocycles. The molecule has 0 atom stereocenters. The van der Waals surface area contributed by atoms with Crippen molar-refractivity contribution in [3.8, 4) is 0 Å². The van der Waals surface area contributed by atoms with Gasteiger partial charge in [-0.1, -0.05) is 159 Å². The summed E-state index contributed by atoms with van der Waals surface area (Å²) in [5.74, 6) is -2.49. The molecule has 1 radical (unpaired) electrons. The Labute approximate surface area is 794 Å². The van der Waals surface area contributed by atoms with Gasteiger partial charge >= 0.3 is 29.6 Å². The average Bonchev–Trinajstić information content (AvgIpc) is 0.808. The van der Waals surface area contributed by atoms with Crippen molar-refractivity contribution in [3.63, 3.8) is 0 Å². The van der Waals surface area contributed by atoms with Crippen molar-refractivity contribution in [2.45, 2.75) is 40.5 Å². The summed E-state index contributed by atoms with van der Waals surface area (Å²) >= 11 is 0. The van der Waals surface area contributed by atoms with Gasteiger partial charge < -0.3 is 58.8 Å². The van der Waals surface area contributed by atoms with Gasteiger partial charge in [-0.2, -0.15) is 8.61 Å². The van der Waals surface area contributed by atoms with Gasteiger partial charge in [-0.05, 0) is 27.8 Å². The van der Waals surface area contributed by atoms with Crippen LogP contribution in [-0.4, -0.2) is 318 Å². The quantitative estimate of drug-likeness (QED) is 0.00789. The Kier molecular flexibility index (Phi) is 88.3. The number of hydrogen-bond acceptors (Lipinski definition) is 35. The van der Waals surface area contributed by atoms with Gasteiger partial charge in [0.25, 0.3) is 0 Å². The third-order valence-electron chi connectivity index (χ3n) is 12.1. The van der Waals surface area contributed by atoms with Crippen molar-refractivity contribution in [1.82, 2.24) is 8.61 Å². The normalized spacial score (nSPS) is 13.5. The largest absolute Gasteiger partial charge is 1.00 e. The molecule has 0 aromatic heterocycles. The molecule has 126 heavy (non-hydrogen) atoms. The summed E-state index contributed by atoms with van der Waals surface area (Å²) in [5, 5.41) is 51.4. The number of aliphatic hydroxyl groups excluding tert-OH is 3. The first-order chi connectivity index (χ1) is 56.2. The van der Waals surface area contributed by atoms with Gasteiger partial charge in [0.2, 0.25) is 108 Å². The number of aliphatic hydroxyl groups is 3. The van der Waals surface area contributed by atoms with E-state index in [-0.39, 0.29) is 197 Å². The van der Waals surface area contributed by atoms with E-state index >= 15 is 0 Å². The molecule has 2 aliphatic heterocycles. The van der Waals surface area contributed by atoms with E-state index in [4.69, 9.17) is 91.4 Å². The smallest absolute Gasteiger partial charge is 0.748 e. The van der Waals surface area contributed by atoms with Crippen LogP contribution in [0.15, 0.2) is 152 Å². The zero-order chi connectivity index (χ0) is 94.7. The maximum atomic E-state index is 11.7.